The quantitative estimate of drug-likeness (QED) is 0.273. The Morgan fingerprint density at radius 2 is 1.67 bits per heavy atom. The van der Waals surface area contributed by atoms with Gasteiger partial charge in [-0.15, -0.1) is 22.7 Å². The molecular weight excluding hydrogens is 468 g/mol. The molecule has 0 atom stereocenters. The molecule has 0 spiro atoms. The van der Waals surface area contributed by atoms with E-state index in [1.807, 2.05) is 24.3 Å². The molecule has 0 unspecified atom stereocenters. The first-order chi connectivity index (χ1) is 16.1. The Labute approximate surface area is 203 Å². The number of nitrogens with zero attached hydrogens (tertiary/aromatic N) is 3. The van der Waals surface area contributed by atoms with Crippen LogP contribution in [0, 0.1) is 6.92 Å². The number of hydrogen-bond acceptors (Lipinski definition) is 6. The van der Waals surface area contributed by atoms with Crippen LogP contribution in [0.15, 0.2) is 78.4 Å². The van der Waals surface area contributed by atoms with Crippen LogP contribution < -0.4 is 5.32 Å². The second kappa shape index (κ2) is 8.23. The Bertz CT molecular complexity index is 1600. The highest BCUT2D eigenvalue weighted by atomic mass is 35.5. The second-order valence-electron chi connectivity index (χ2n) is 7.75. The van der Waals surface area contributed by atoms with Crippen LogP contribution in [0.3, 0.4) is 0 Å². The Hall–Kier alpha value is -3.32. The molecule has 33 heavy (non-hydrogen) atoms. The topological polar surface area (TPSA) is 50.7 Å². The van der Waals surface area contributed by atoms with Crippen molar-refractivity contribution in [1.29, 1.82) is 0 Å². The van der Waals surface area contributed by atoms with Crippen molar-refractivity contribution >= 4 is 66.2 Å². The number of rotatable bonds is 4. The average molecular weight is 485 g/mol. The highest BCUT2D eigenvalue weighted by molar-refractivity contribution is 7.21. The summed E-state index contributed by atoms with van der Waals surface area (Å²) in [7, 11) is 0. The number of aromatic nitrogens is 3. The molecule has 6 aromatic rings. The molecule has 160 valence electrons. The first kappa shape index (κ1) is 20.3. The van der Waals surface area contributed by atoms with E-state index in [0.29, 0.717) is 0 Å². The first-order valence-electron chi connectivity index (χ1n) is 10.4. The Morgan fingerprint density at radius 3 is 2.48 bits per heavy atom. The van der Waals surface area contributed by atoms with E-state index in [0.717, 1.165) is 54.0 Å². The van der Waals surface area contributed by atoms with Gasteiger partial charge in [0, 0.05) is 27.2 Å². The summed E-state index contributed by atoms with van der Waals surface area (Å²) < 4.78 is 1.21. The van der Waals surface area contributed by atoms with Gasteiger partial charge in [-0.25, -0.2) is 15.0 Å². The molecule has 0 aliphatic carbocycles. The maximum absolute atomic E-state index is 6.08. The number of thiazole rings is 1. The lowest BCUT2D eigenvalue weighted by molar-refractivity contribution is 1.23. The number of nitrogens with one attached hydrogen (secondary N) is 1. The third-order valence-electron chi connectivity index (χ3n) is 5.46. The van der Waals surface area contributed by atoms with Crippen LogP contribution in [-0.4, -0.2) is 15.0 Å². The molecule has 3 aromatic carbocycles. The van der Waals surface area contributed by atoms with E-state index in [9.17, 15) is 0 Å². The molecule has 4 nitrogen and oxygen atoms in total. The van der Waals surface area contributed by atoms with E-state index in [4.69, 9.17) is 16.6 Å². The minimum absolute atomic E-state index is 0.719. The third-order valence-corrected chi connectivity index (χ3v) is 7.67. The summed E-state index contributed by atoms with van der Waals surface area (Å²) in [6.07, 6.45) is 1.60. The van der Waals surface area contributed by atoms with Crippen molar-refractivity contribution in [3.05, 3.63) is 89.0 Å². The fourth-order valence-corrected chi connectivity index (χ4v) is 5.91. The number of thiophene rings is 1. The highest BCUT2D eigenvalue weighted by Crippen LogP contribution is 2.38. The second-order valence-corrected chi connectivity index (χ2v) is 10.1. The average Bonchev–Trinajstić information content (AvgIpc) is 3.45. The lowest BCUT2D eigenvalue weighted by Crippen LogP contribution is -1.95. The number of anilines is 2. The molecule has 1 N–H and O–H groups in total. The largest absolute Gasteiger partial charge is 0.340 e. The van der Waals surface area contributed by atoms with Crippen LogP contribution >= 0.6 is 34.3 Å². The fourth-order valence-electron chi connectivity index (χ4n) is 3.80. The molecule has 0 saturated carbocycles. The van der Waals surface area contributed by atoms with Crippen LogP contribution in [-0.2, 0) is 0 Å². The van der Waals surface area contributed by atoms with Crippen molar-refractivity contribution in [3.63, 3.8) is 0 Å². The zero-order chi connectivity index (χ0) is 22.4. The fraction of sp³-hybridized carbons (Fsp3) is 0.0385. The standard InChI is InChI=1S/C26H17ClN4S2/c1-15-2-11-21-22(12-15)33-25(31-21)17-5-9-19(10-6-17)30-24-23-20(13-32-26(23)29-14-28-24)16-3-7-18(27)8-4-16/h2-14H,1H3,(H,28,29,30). The molecule has 0 aliphatic heterocycles. The van der Waals surface area contributed by atoms with Gasteiger partial charge in [-0.2, -0.15) is 0 Å². The van der Waals surface area contributed by atoms with E-state index in [2.05, 4.69) is 70.1 Å². The van der Waals surface area contributed by atoms with Crippen molar-refractivity contribution < 1.29 is 0 Å². The van der Waals surface area contributed by atoms with Crippen molar-refractivity contribution in [2.45, 2.75) is 6.92 Å². The number of benzene rings is 3. The molecule has 7 heteroatoms. The highest BCUT2D eigenvalue weighted by Gasteiger charge is 2.14. The SMILES string of the molecule is Cc1ccc2nc(-c3ccc(Nc4ncnc5scc(-c6ccc(Cl)cc6)c45)cc3)sc2c1. The Kier molecular flexibility index (Phi) is 5.06. The molecule has 0 fully saturated rings. The summed E-state index contributed by atoms with van der Waals surface area (Å²) in [4.78, 5) is 14.7. The zero-order valence-corrected chi connectivity index (χ0v) is 19.9. The first-order valence-corrected chi connectivity index (χ1v) is 12.4. The molecule has 3 heterocycles. The van der Waals surface area contributed by atoms with Crippen LogP contribution in [0.5, 0.6) is 0 Å². The minimum atomic E-state index is 0.719. The van der Waals surface area contributed by atoms with Gasteiger partial charge in [0.1, 0.15) is 22.0 Å². The number of hydrogen-bond donors (Lipinski definition) is 1. The molecule has 6 rings (SSSR count). The number of aryl methyl sites for hydroxylation is 1. The molecular formula is C26H17ClN4S2. The molecule has 0 bridgehead atoms. The van der Waals surface area contributed by atoms with E-state index in [1.165, 1.54) is 10.3 Å². The predicted molar refractivity (Wildman–Crippen MR) is 141 cm³/mol. The van der Waals surface area contributed by atoms with Gasteiger partial charge >= 0.3 is 0 Å². The number of halogens is 1. The number of fused-ring (bicyclic) bond motifs is 2. The molecule has 0 radical (unpaired) electrons. The minimum Gasteiger partial charge on any atom is -0.340 e. The normalized spacial score (nSPS) is 11.3. The molecule has 0 aliphatic rings. The van der Waals surface area contributed by atoms with E-state index in [1.54, 1.807) is 29.0 Å². The molecule has 0 saturated heterocycles. The van der Waals surface area contributed by atoms with Gasteiger partial charge in [0.25, 0.3) is 0 Å². The van der Waals surface area contributed by atoms with Crippen molar-refractivity contribution in [2.75, 3.05) is 5.32 Å². The van der Waals surface area contributed by atoms with Crippen molar-refractivity contribution in [3.8, 4) is 21.7 Å². The monoisotopic (exact) mass is 484 g/mol. The third kappa shape index (κ3) is 3.86. The van der Waals surface area contributed by atoms with E-state index < -0.39 is 0 Å². The summed E-state index contributed by atoms with van der Waals surface area (Å²) >= 11 is 9.41. The summed E-state index contributed by atoms with van der Waals surface area (Å²) in [6.45, 7) is 2.11. The predicted octanol–water partition coefficient (Wildman–Crippen LogP) is 8.34. The summed E-state index contributed by atoms with van der Waals surface area (Å²) in [6, 6.07) is 22.5. The van der Waals surface area contributed by atoms with Gasteiger partial charge < -0.3 is 5.32 Å². The van der Waals surface area contributed by atoms with Gasteiger partial charge in [0.15, 0.2) is 0 Å². The maximum Gasteiger partial charge on any atom is 0.143 e. The van der Waals surface area contributed by atoms with Crippen molar-refractivity contribution in [2.24, 2.45) is 0 Å². The maximum atomic E-state index is 6.08. The smallest absolute Gasteiger partial charge is 0.143 e. The van der Waals surface area contributed by atoms with Gasteiger partial charge in [0.05, 0.1) is 15.6 Å². The van der Waals surface area contributed by atoms with Crippen LogP contribution in [0.1, 0.15) is 5.56 Å². The zero-order valence-electron chi connectivity index (χ0n) is 17.5. The molecule has 3 aromatic heterocycles. The summed E-state index contributed by atoms with van der Waals surface area (Å²) in [5, 5.41) is 8.35. The van der Waals surface area contributed by atoms with Gasteiger partial charge in [0.2, 0.25) is 0 Å². The van der Waals surface area contributed by atoms with Gasteiger partial charge in [-0.05, 0) is 66.6 Å². The van der Waals surface area contributed by atoms with Gasteiger partial charge in [-0.1, -0.05) is 29.8 Å². The summed E-state index contributed by atoms with van der Waals surface area (Å²) in [5.74, 6) is 0.786. The molecule has 0 amide bonds. The lowest BCUT2D eigenvalue weighted by atomic mass is 10.1. The van der Waals surface area contributed by atoms with Crippen LogP contribution in [0.2, 0.25) is 5.02 Å². The van der Waals surface area contributed by atoms with Crippen LogP contribution in [0.4, 0.5) is 11.5 Å². The Morgan fingerprint density at radius 1 is 0.879 bits per heavy atom. The van der Waals surface area contributed by atoms with E-state index in [-0.39, 0.29) is 0 Å². The lowest BCUT2D eigenvalue weighted by Gasteiger charge is -2.09. The van der Waals surface area contributed by atoms with Crippen LogP contribution in [0.25, 0.3) is 42.1 Å². The Balaban J connectivity index is 1.33. The summed E-state index contributed by atoms with van der Waals surface area (Å²) in [5.41, 5.74) is 6.54. The van der Waals surface area contributed by atoms with Gasteiger partial charge in [-0.3, -0.25) is 0 Å². The van der Waals surface area contributed by atoms with Crippen molar-refractivity contribution in [1.82, 2.24) is 15.0 Å². The van der Waals surface area contributed by atoms with E-state index >= 15 is 0 Å².